The monoisotopic (exact) mass is 949 g/mol. The first-order chi connectivity index (χ1) is 29.9. The molecule has 0 aromatic carbocycles. The molecule has 0 aliphatic carbocycles. The molecule has 0 N–H and O–H groups in total. The molecule has 0 amide bonds. The normalized spacial score (nSPS) is 8.61. The molecule has 0 spiro atoms. The van der Waals surface area contributed by atoms with E-state index in [4.69, 9.17) is 0 Å². The van der Waals surface area contributed by atoms with Gasteiger partial charge in [-0.05, 0) is 55.4 Å². The van der Waals surface area contributed by atoms with Crippen molar-refractivity contribution in [2.45, 2.75) is 194 Å². The van der Waals surface area contributed by atoms with Crippen molar-refractivity contribution in [1.82, 2.24) is 0 Å². The highest BCUT2D eigenvalue weighted by atomic mass is 16.5. The predicted octanol–water partition coefficient (Wildman–Crippen LogP) is 7.03. The summed E-state index contributed by atoms with van der Waals surface area (Å²) in [6, 6.07) is 0. The summed E-state index contributed by atoms with van der Waals surface area (Å²) in [6.07, 6.45) is 5.28. The van der Waals surface area contributed by atoms with Crippen LogP contribution in [0.5, 0.6) is 0 Å². The third kappa shape index (κ3) is 107. The maximum atomic E-state index is 10.6. The smallest absolute Gasteiger partial charge is 0.305 e. The standard InChI is InChI=1S/2C7H12O2.2C6H10O3.2C6H10O2.C5H8O2.C4H8O2.CH4/c2*1-3-7(9)5-4-6(2)8;1-5(7)3-4-6(8)9-2;1-3-6(8)9-4-5(2)7;1-5(7)3-4-6(2)8;1-3-6(8)4-5(2)7;1-3-5(7)4(2)6;1-4(5)3-6-2;/h2*3-5H2,1-2H3;2*3-4H2,1-2H3;2*3-4H2,1-2H3;3H2,1-2H3;3H2,1-2H3;1H4. The van der Waals surface area contributed by atoms with Crippen LogP contribution in [0.25, 0.3) is 0 Å². The summed E-state index contributed by atoms with van der Waals surface area (Å²) in [7, 11) is 2.81. The first-order valence-corrected chi connectivity index (χ1v) is 21.2. The molecule has 0 fully saturated rings. The summed E-state index contributed by atoms with van der Waals surface area (Å²) in [6.45, 7) is 21.9. The van der Waals surface area contributed by atoms with Crippen LogP contribution in [0.1, 0.15) is 194 Å². The first-order valence-electron chi connectivity index (χ1n) is 21.2. The van der Waals surface area contributed by atoms with Crippen molar-refractivity contribution >= 4 is 87.1 Å². The van der Waals surface area contributed by atoms with Crippen molar-refractivity contribution in [3.05, 3.63) is 0 Å². The van der Waals surface area contributed by atoms with E-state index in [1.165, 1.54) is 76.5 Å². The molecule has 0 saturated carbocycles. The Hall–Kier alpha value is -5.39. The van der Waals surface area contributed by atoms with E-state index in [1.54, 1.807) is 20.8 Å². The van der Waals surface area contributed by atoms with Gasteiger partial charge in [0.15, 0.2) is 23.1 Å². The number of ether oxygens (including phenoxy) is 3. The topological polar surface area (TPSA) is 284 Å². The number of hydrogen-bond donors (Lipinski definition) is 0. The summed E-state index contributed by atoms with van der Waals surface area (Å²) in [5.74, 6) is -0.661. The van der Waals surface area contributed by atoms with Crippen molar-refractivity contribution < 1.29 is 86.1 Å². The zero-order chi connectivity index (χ0) is 53.1. The molecule has 18 heteroatoms. The molecule has 384 valence electrons. The summed E-state index contributed by atoms with van der Waals surface area (Å²) >= 11 is 0. The van der Waals surface area contributed by atoms with Gasteiger partial charge in [-0.1, -0.05) is 42.0 Å². The summed E-state index contributed by atoms with van der Waals surface area (Å²) in [5, 5.41) is 0. The van der Waals surface area contributed by atoms with Crippen LogP contribution in [0.15, 0.2) is 0 Å². The summed E-state index contributed by atoms with van der Waals surface area (Å²) in [4.78, 5) is 154. The molecule has 18 nitrogen and oxygen atoms in total. The number of ketones is 13. The Morgan fingerprint density at radius 1 is 0.333 bits per heavy atom. The highest BCUT2D eigenvalue weighted by molar-refractivity contribution is 6.36. The molecule has 0 heterocycles. The molecule has 66 heavy (non-hydrogen) atoms. The molecule has 0 aromatic heterocycles. The highest BCUT2D eigenvalue weighted by Crippen LogP contribution is 1.96. The quantitative estimate of drug-likeness (QED) is 0.0533. The SMILES string of the molecule is C.CC(=O)CCC(C)=O.CCC(=O)C(C)=O.CCC(=O)CC(C)=O.CCC(=O)CCC(C)=O.CCC(=O)CCC(C)=O.CCC(=O)OCC(C)=O.COC(=O)CCC(C)=O.COCC(C)=O. The van der Waals surface area contributed by atoms with Crippen LogP contribution in [0.3, 0.4) is 0 Å². The number of carbonyl (C=O) groups is 15. The van der Waals surface area contributed by atoms with Crippen LogP contribution >= 0.6 is 0 Å². The second-order valence-electron chi connectivity index (χ2n) is 13.8. The van der Waals surface area contributed by atoms with Crippen molar-refractivity contribution in [2.24, 2.45) is 0 Å². The van der Waals surface area contributed by atoms with E-state index in [9.17, 15) is 71.9 Å². The largest absolute Gasteiger partial charge is 0.469 e. The molecular weight excluding hydrogens is 865 g/mol. The van der Waals surface area contributed by atoms with Crippen molar-refractivity contribution in [2.75, 3.05) is 27.4 Å². The van der Waals surface area contributed by atoms with E-state index in [-0.39, 0.29) is 127 Å². The third-order valence-corrected chi connectivity index (χ3v) is 6.67. The van der Waals surface area contributed by atoms with Crippen molar-refractivity contribution in [3.63, 3.8) is 0 Å². The lowest BCUT2D eigenvalue weighted by atomic mass is 10.1. The van der Waals surface area contributed by atoms with Gasteiger partial charge in [0, 0.05) is 91.1 Å². The molecule has 0 radical (unpaired) electrons. The van der Waals surface area contributed by atoms with E-state index in [1.807, 2.05) is 13.8 Å². The number of carbonyl (C=O) groups excluding carboxylic acids is 15. The predicted molar refractivity (Wildman–Crippen MR) is 251 cm³/mol. The van der Waals surface area contributed by atoms with E-state index < -0.39 is 0 Å². The Balaban J connectivity index is -0.0000000804. The van der Waals surface area contributed by atoms with Gasteiger partial charge < -0.3 is 38.2 Å². The second-order valence-corrected chi connectivity index (χ2v) is 13.8. The molecule has 0 aliphatic rings. The van der Waals surface area contributed by atoms with Gasteiger partial charge in [-0.15, -0.1) is 0 Å². The third-order valence-electron chi connectivity index (χ3n) is 6.67. The Kier molecular flexibility index (Phi) is 73.0. The maximum absolute atomic E-state index is 10.6. The fourth-order valence-corrected chi connectivity index (χ4v) is 2.86. The van der Waals surface area contributed by atoms with E-state index in [0.29, 0.717) is 70.6 Å². The molecule has 0 rings (SSSR count). The molecule has 0 saturated heterocycles. The minimum Gasteiger partial charge on any atom is -0.469 e. The van der Waals surface area contributed by atoms with Gasteiger partial charge in [0.05, 0.1) is 20.0 Å². The zero-order valence-electron chi connectivity index (χ0n) is 42.2. The Bertz CT molecular complexity index is 1340. The molecular formula is C48H84O18. The van der Waals surface area contributed by atoms with Crippen LogP contribution in [0.2, 0.25) is 0 Å². The maximum Gasteiger partial charge on any atom is 0.305 e. The van der Waals surface area contributed by atoms with Gasteiger partial charge in [-0.2, -0.15) is 0 Å². The van der Waals surface area contributed by atoms with E-state index >= 15 is 0 Å². The highest BCUT2D eigenvalue weighted by Gasteiger charge is 2.03. The number of Topliss-reactive ketones (excluding diaryl/α,β-unsaturated/α-hetero) is 13. The minimum absolute atomic E-state index is 0. The van der Waals surface area contributed by atoms with Gasteiger partial charge in [0.25, 0.3) is 0 Å². The average Bonchev–Trinajstić information content (AvgIpc) is 3.22. The molecule has 0 unspecified atom stereocenters. The Labute approximate surface area is 394 Å². The molecule has 0 bridgehead atoms. The fourth-order valence-electron chi connectivity index (χ4n) is 2.86. The van der Waals surface area contributed by atoms with Gasteiger partial charge in [0.1, 0.15) is 65.3 Å². The lowest BCUT2D eigenvalue weighted by Crippen LogP contribution is -2.09. The van der Waals surface area contributed by atoms with Gasteiger partial charge in [-0.25, -0.2) is 0 Å². The van der Waals surface area contributed by atoms with Crippen LogP contribution in [-0.4, -0.2) is 115 Å². The van der Waals surface area contributed by atoms with E-state index in [2.05, 4.69) is 14.2 Å². The van der Waals surface area contributed by atoms with Crippen LogP contribution in [0, 0.1) is 0 Å². The summed E-state index contributed by atoms with van der Waals surface area (Å²) in [5.41, 5.74) is 0. The van der Waals surface area contributed by atoms with E-state index in [0.717, 1.165) is 0 Å². The number of hydrogen-bond acceptors (Lipinski definition) is 18. The molecule has 0 atom stereocenters. The fraction of sp³-hybridized carbons (Fsp3) is 0.688. The summed E-state index contributed by atoms with van der Waals surface area (Å²) < 4.78 is 13.2. The zero-order valence-corrected chi connectivity index (χ0v) is 42.2. The first kappa shape index (κ1) is 80.9. The van der Waals surface area contributed by atoms with Gasteiger partial charge >= 0.3 is 11.9 Å². The van der Waals surface area contributed by atoms with Crippen LogP contribution in [0.4, 0.5) is 0 Å². The lowest BCUT2D eigenvalue weighted by molar-refractivity contribution is -0.147. The van der Waals surface area contributed by atoms with Crippen LogP contribution in [-0.2, 0) is 86.1 Å². The average molecular weight is 949 g/mol. The van der Waals surface area contributed by atoms with Crippen LogP contribution < -0.4 is 0 Å². The van der Waals surface area contributed by atoms with Crippen molar-refractivity contribution in [3.8, 4) is 0 Å². The van der Waals surface area contributed by atoms with Gasteiger partial charge in [0.2, 0.25) is 0 Å². The Morgan fingerprint density at radius 2 is 0.652 bits per heavy atom. The molecule has 0 aromatic rings. The lowest BCUT2D eigenvalue weighted by Gasteiger charge is -1.96. The number of esters is 2. The minimum atomic E-state index is -0.345. The number of methoxy groups -OCH3 is 2. The molecule has 0 aliphatic heterocycles. The number of rotatable bonds is 24. The van der Waals surface area contributed by atoms with Gasteiger partial charge in [-0.3, -0.25) is 47.9 Å². The second kappa shape index (κ2) is 59.6. The Morgan fingerprint density at radius 3 is 0.818 bits per heavy atom. The van der Waals surface area contributed by atoms with Crippen molar-refractivity contribution in [1.29, 1.82) is 0 Å².